The first-order valence-corrected chi connectivity index (χ1v) is 7.76. The highest BCUT2D eigenvalue weighted by Crippen LogP contribution is 2.25. The van der Waals surface area contributed by atoms with E-state index in [1.54, 1.807) is 12.3 Å². The minimum absolute atomic E-state index is 0.125. The molecular weight excluding hydrogens is 250 g/mol. The molecule has 6 heteroatoms. The molecular formula is C12H19N3O2S. The minimum atomic E-state index is -3.71. The Morgan fingerprint density at radius 2 is 2.17 bits per heavy atom. The SMILES string of the molecule is C[C@H]1CCCN(c2ncccc2S(N)(=O)=O)CC1. The summed E-state index contributed by atoms with van der Waals surface area (Å²) in [6, 6.07) is 3.12. The Kier molecular flexibility index (Phi) is 3.87. The summed E-state index contributed by atoms with van der Waals surface area (Å²) >= 11 is 0. The van der Waals surface area contributed by atoms with E-state index in [0.29, 0.717) is 11.7 Å². The molecule has 1 aromatic heterocycles. The fourth-order valence-electron chi connectivity index (χ4n) is 2.32. The van der Waals surface area contributed by atoms with E-state index in [9.17, 15) is 8.42 Å². The summed E-state index contributed by atoms with van der Waals surface area (Å²) < 4.78 is 23.1. The van der Waals surface area contributed by atoms with Crippen LogP contribution in [-0.2, 0) is 10.0 Å². The molecule has 0 saturated carbocycles. The molecule has 18 heavy (non-hydrogen) atoms. The predicted octanol–water partition coefficient (Wildman–Crippen LogP) is 1.36. The molecule has 1 atom stereocenters. The Morgan fingerprint density at radius 3 is 2.89 bits per heavy atom. The van der Waals surface area contributed by atoms with Crippen LogP contribution in [0.5, 0.6) is 0 Å². The van der Waals surface area contributed by atoms with Crippen molar-refractivity contribution in [3.63, 3.8) is 0 Å². The molecule has 0 spiro atoms. The van der Waals surface area contributed by atoms with Crippen LogP contribution in [0.2, 0.25) is 0 Å². The van der Waals surface area contributed by atoms with Crippen molar-refractivity contribution >= 4 is 15.8 Å². The first-order chi connectivity index (χ1) is 8.48. The molecule has 2 N–H and O–H groups in total. The number of sulfonamides is 1. The molecule has 0 radical (unpaired) electrons. The topological polar surface area (TPSA) is 76.3 Å². The number of hydrogen-bond acceptors (Lipinski definition) is 4. The molecule has 0 amide bonds. The Hall–Kier alpha value is -1.14. The highest BCUT2D eigenvalue weighted by atomic mass is 32.2. The van der Waals surface area contributed by atoms with Crippen LogP contribution in [0.1, 0.15) is 26.2 Å². The van der Waals surface area contributed by atoms with Gasteiger partial charge in [-0.25, -0.2) is 18.5 Å². The van der Waals surface area contributed by atoms with Crippen LogP contribution in [0.4, 0.5) is 5.82 Å². The summed E-state index contributed by atoms with van der Waals surface area (Å²) in [5, 5.41) is 5.24. The molecule has 0 bridgehead atoms. The van der Waals surface area contributed by atoms with Crippen LogP contribution < -0.4 is 10.0 Å². The standard InChI is InChI=1S/C12H19N3O2S/c1-10-4-3-8-15(9-6-10)12-11(18(13,16)17)5-2-7-14-12/h2,5,7,10H,3-4,6,8-9H2,1H3,(H2,13,16,17)/t10-/m0/s1. The highest BCUT2D eigenvalue weighted by Gasteiger charge is 2.21. The zero-order valence-corrected chi connectivity index (χ0v) is 11.4. The van der Waals surface area contributed by atoms with E-state index in [1.165, 1.54) is 12.5 Å². The summed E-state index contributed by atoms with van der Waals surface area (Å²) in [5.41, 5.74) is 0. The van der Waals surface area contributed by atoms with Gasteiger partial charge in [-0.1, -0.05) is 6.92 Å². The van der Waals surface area contributed by atoms with Crippen molar-refractivity contribution in [3.05, 3.63) is 18.3 Å². The van der Waals surface area contributed by atoms with E-state index < -0.39 is 10.0 Å². The summed E-state index contributed by atoms with van der Waals surface area (Å²) in [6.45, 7) is 3.90. The van der Waals surface area contributed by atoms with Crippen molar-refractivity contribution in [1.29, 1.82) is 0 Å². The van der Waals surface area contributed by atoms with Gasteiger partial charge >= 0.3 is 0 Å². The minimum Gasteiger partial charge on any atom is -0.355 e. The van der Waals surface area contributed by atoms with Gasteiger partial charge in [0.15, 0.2) is 0 Å². The lowest BCUT2D eigenvalue weighted by atomic mass is 10.0. The molecule has 5 nitrogen and oxygen atoms in total. The fraction of sp³-hybridized carbons (Fsp3) is 0.583. The van der Waals surface area contributed by atoms with E-state index in [4.69, 9.17) is 5.14 Å². The number of rotatable bonds is 2. The Balaban J connectivity index is 2.33. The third-order valence-electron chi connectivity index (χ3n) is 3.37. The summed E-state index contributed by atoms with van der Waals surface area (Å²) in [4.78, 5) is 6.36. The molecule has 1 fully saturated rings. The zero-order chi connectivity index (χ0) is 13.2. The summed E-state index contributed by atoms with van der Waals surface area (Å²) in [7, 11) is -3.71. The molecule has 2 rings (SSSR count). The average molecular weight is 269 g/mol. The maximum Gasteiger partial charge on any atom is 0.241 e. The van der Waals surface area contributed by atoms with E-state index >= 15 is 0 Å². The maximum absolute atomic E-state index is 11.6. The number of nitrogens with zero attached hydrogens (tertiary/aromatic N) is 2. The van der Waals surface area contributed by atoms with Gasteiger partial charge in [-0.3, -0.25) is 0 Å². The van der Waals surface area contributed by atoms with Gasteiger partial charge in [0.25, 0.3) is 0 Å². The number of hydrogen-bond donors (Lipinski definition) is 1. The van der Waals surface area contributed by atoms with Gasteiger partial charge in [-0.05, 0) is 37.3 Å². The Labute approximate surface area is 108 Å². The van der Waals surface area contributed by atoms with E-state index in [-0.39, 0.29) is 4.90 Å². The van der Waals surface area contributed by atoms with Crippen LogP contribution in [0.15, 0.2) is 23.2 Å². The number of primary sulfonamides is 1. The van der Waals surface area contributed by atoms with E-state index in [0.717, 1.165) is 25.9 Å². The van der Waals surface area contributed by atoms with Crippen molar-refractivity contribution in [2.75, 3.05) is 18.0 Å². The largest absolute Gasteiger partial charge is 0.355 e. The predicted molar refractivity (Wildman–Crippen MR) is 70.8 cm³/mol. The van der Waals surface area contributed by atoms with Crippen molar-refractivity contribution in [2.24, 2.45) is 11.1 Å². The lowest BCUT2D eigenvalue weighted by Crippen LogP contribution is -2.28. The normalized spacial score (nSPS) is 21.7. The lowest BCUT2D eigenvalue weighted by molar-refractivity contribution is 0.521. The summed E-state index contributed by atoms with van der Waals surface area (Å²) in [5.74, 6) is 1.17. The van der Waals surface area contributed by atoms with Crippen molar-refractivity contribution < 1.29 is 8.42 Å². The fourth-order valence-corrected chi connectivity index (χ4v) is 3.02. The van der Waals surface area contributed by atoms with Crippen molar-refractivity contribution in [3.8, 4) is 0 Å². The van der Waals surface area contributed by atoms with Gasteiger partial charge in [0.1, 0.15) is 10.7 Å². The third-order valence-corrected chi connectivity index (χ3v) is 4.31. The number of aromatic nitrogens is 1. The molecule has 100 valence electrons. The molecule has 2 heterocycles. The molecule has 0 unspecified atom stereocenters. The molecule has 1 saturated heterocycles. The quantitative estimate of drug-likeness (QED) is 0.879. The highest BCUT2D eigenvalue weighted by molar-refractivity contribution is 7.89. The van der Waals surface area contributed by atoms with Crippen LogP contribution in [0.3, 0.4) is 0 Å². The van der Waals surface area contributed by atoms with Crippen LogP contribution in [-0.4, -0.2) is 26.5 Å². The number of pyridine rings is 1. The van der Waals surface area contributed by atoms with Gasteiger partial charge in [0, 0.05) is 19.3 Å². The van der Waals surface area contributed by atoms with E-state index in [1.807, 2.05) is 4.90 Å². The van der Waals surface area contributed by atoms with Crippen LogP contribution in [0.25, 0.3) is 0 Å². The lowest BCUT2D eigenvalue weighted by Gasteiger charge is -2.23. The van der Waals surface area contributed by atoms with Crippen LogP contribution >= 0.6 is 0 Å². The van der Waals surface area contributed by atoms with Crippen molar-refractivity contribution in [2.45, 2.75) is 31.1 Å². The summed E-state index contributed by atoms with van der Waals surface area (Å²) in [6.07, 6.45) is 4.90. The van der Waals surface area contributed by atoms with Gasteiger partial charge < -0.3 is 4.90 Å². The molecule has 0 aromatic carbocycles. The zero-order valence-electron chi connectivity index (χ0n) is 10.5. The average Bonchev–Trinajstić information content (AvgIpc) is 2.53. The second-order valence-corrected chi connectivity index (χ2v) is 6.42. The number of nitrogens with two attached hydrogens (primary N) is 1. The first-order valence-electron chi connectivity index (χ1n) is 6.21. The molecule has 1 aliphatic heterocycles. The van der Waals surface area contributed by atoms with Gasteiger partial charge in [0.05, 0.1) is 0 Å². The van der Waals surface area contributed by atoms with Crippen LogP contribution in [0, 0.1) is 5.92 Å². The first kappa shape index (κ1) is 13.3. The molecule has 0 aliphatic carbocycles. The molecule has 1 aromatic rings. The Bertz CT molecular complexity index is 516. The second kappa shape index (κ2) is 5.24. The number of anilines is 1. The second-order valence-electron chi connectivity index (χ2n) is 4.89. The van der Waals surface area contributed by atoms with Gasteiger partial charge in [-0.2, -0.15) is 0 Å². The smallest absolute Gasteiger partial charge is 0.241 e. The van der Waals surface area contributed by atoms with Crippen molar-refractivity contribution in [1.82, 2.24) is 4.98 Å². The van der Waals surface area contributed by atoms with Gasteiger partial charge in [0.2, 0.25) is 10.0 Å². The molecule has 1 aliphatic rings. The maximum atomic E-state index is 11.6. The van der Waals surface area contributed by atoms with E-state index in [2.05, 4.69) is 11.9 Å². The Morgan fingerprint density at radius 1 is 1.39 bits per heavy atom. The monoisotopic (exact) mass is 269 g/mol. The van der Waals surface area contributed by atoms with Gasteiger partial charge in [-0.15, -0.1) is 0 Å². The third kappa shape index (κ3) is 3.00.